The van der Waals surface area contributed by atoms with E-state index in [-0.39, 0.29) is 11.1 Å². The Labute approximate surface area is 137 Å². The molecule has 3 rings (SSSR count). The summed E-state index contributed by atoms with van der Waals surface area (Å²) in [5.41, 5.74) is 1.73. The van der Waals surface area contributed by atoms with Gasteiger partial charge in [-0.15, -0.1) is 0 Å². The molecule has 0 aliphatic rings. The van der Waals surface area contributed by atoms with Crippen molar-refractivity contribution < 1.29 is 8.91 Å². The van der Waals surface area contributed by atoms with Gasteiger partial charge in [0.1, 0.15) is 5.82 Å². The highest BCUT2D eigenvalue weighted by Crippen LogP contribution is 2.33. The molecule has 23 heavy (non-hydrogen) atoms. The van der Waals surface area contributed by atoms with Crippen LogP contribution in [0.2, 0.25) is 0 Å². The van der Waals surface area contributed by atoms with Gasteiger partial charge in [0.2, 0.25) is 5.89 Å². The number of nitrogens with one attached hydrogen (secondary N) is 1. The van der Waals surface area contributed by atoms with Crippen LogP contribution in [-0.4, -0.2) is 20.1 Å². The van der Waals surface area contributed by atoms with E-state index in [0.717, 1.165) is 35.1 Å². The fourth-order valence-corrected chi connectivity index (χ4v) is 2.93. The molecular formula is C16H17FN4OS. The van der Waals surface area contributed by atoms with E-state index >= 15 is 0 Å². The highest BCUT2D eigenvalue weighted by molar-refractivity contribution is 7.99. The number of aromatic nitrogens is 4. The summed E-state index contributed by atoms with van der Waals surface area (Å²) < 4.78 is 18.3. The number of imidazole rings is 1. The van der Waals surface area contributed by atoms with E-state index < -0.39 is 0 Å². The van der Waals surface area contributed by atoms with Gasteiger partial charge in [-0.2, -0.15) is 4.98 Å². The number of aryl methyl sites for hydroxylation is 1. The molecule has 0 amide bonds. The van der Waals surface area contributed by atoms with E-state index in [9.17, 15) is 4.39 Å². The lowest BCUT2D eigenvalue weighted by atomic mass is 10.2. The van der Waals surface area contributed by atoms with Gasteiger partial charge in [-0.05, 0) is 43.2 Å². The molecule has 0 bridgehead atoms. The number of halogens is 1. The third-order valence-corrected chi connectivity index (χ3v) is 4.29. The van der Waals surface area contributed by atoms with Gasteiger partial charge >= 0.3 is 0 Å². The maximum Gasteiger partial charge on any atom is 0.239 e. The van der Waals surface area contributed by atoms with Gasteiger partial charge < -0.3 is 9.51 Å². The summed E-state index contributed by atoms with van der Waals surface area (Å²) in [6.45, 7) is 4.07. The van der Waals surface area contributed by atoms with Crippen LogP contribution in [0.15, 0.2) is 40.1 Å². The molecule has 1 atom stereocenters. The number of nitrogens with zero attached hydrogens (tertiary/aromatic N) is 3. The molecule has 0 fully saturated rings. The molecule has 0 saturated heterocycles. The molecule has 5 nitrogen and oxygen atoms in total. The van der Waals surface area contributed by atoms with E-state index in [1.54, 1.807) is 18.3 Å². The number of aromatic amines is 1. The molecule has 1 unspecified atom stereocenters. The average Bonchev–Trinajstić information content (AvgIpc) is 3.18. The Kier molecular flexibility index (Phi) is 4.76. The predicted octanol–water partition coefficient (Wildman–Crippen LogP) is 4.40. The van der Waals surface area contributed by atoms with E-state index in [2.05, 4.69) is 27.0 Å². The lowest BCUT2D eigenvalue weighted by molar-refractivity contribution is 0.374. The first-order chi connectivity index (χ1) is 11.2. The van der Waals surface area contributed by atoms with Gasteiger partial charge in [0.25, 0.3) is 0 Å². The van der Waals surface area contributed by atoms with Crippen LogP contribution in [0.5, 0.6) is 0 Å². The van der Waals surface area contributed by atoms with Crippen molar-refractivity contribution in [2.75, 3.05) is 0 Å². The molecular weight excluding hydrogens is 315 g/mol. The van der Waals surface area contributed by atoms with E-state index in [1.807, 2.05) is 6.92 Å². The number of benzene rings is 1. The summed E-state index contributed by atoms with van der Waals surface area (Å²) in [6, 6.07) is 6.30. The van der Waals surface area contributed by atoms with Gasteiger partial charge in [-0.1, -0.05) is 23.8 Å². The smallest absolute Gasteiger partial charge is 0.239 e. The average molecular weight is 332 g/mol. The second-order valence-corrected chi connectivity index (χ2v) is 6.50. The van der Waals surface area contributed by atoms with Crippen LogP contribution in [-0.2, 0) is 6.42 Å². The lowest BCUT2D eigenvalue weighted by Gasteiger charge is -2.03. The second kappa shape index (κ2) is 6.95. The summed E-state index contributed by atoms with van der Waals surface area (Å²) in [6.07, 6.45) is 3.54. The Bertz CT molecular complexity index is 768. The zero-order valence-electron chi connectivity index (χ0n) is 12.9. The van der Waals surface area contributed by atoms with E-state index in [1.165, 1.54) is 23.9 Å². The van der Waals surface area contributed by atoms with Gasteiger partial charge in [-0.3, -0.25) is 0 Å². The van der Waals surface area contributed by atoms with Gasteiger partial charge in [-0.25, -0.2) is 9.37 Å². The largest absolute Gasteiger partial charge is 0.338 e. The molecule has 2 heterocycles. The van der Waals surface area contributed by atoms with E-state index in [4.69, 9.17) is 4.52 Å². The van der Waals surface area contributed by atoms with Crippen LogP contribution in [0, 0.1) is 5.82 Å². The van der Waals surface area contributed by atoms with Crippen molar-refractivity contribution in [1.82, 2.24) is 20.1 Å². The Morgan fingerprint density at radius 1 is 1.30 bits per heavy atom. The molecule has 0 aliphatic heterocycles. The Morgan fingerprint density at radius 3 is 2.83 bits per heavy atom. The van der Waals surface area contributed by atoms with Crippen LogP contribution in [0.3, 0.4) is 0 Å². The first kappa shape index (κ1) is 15.7. The topological polar surface area (TPSA) is 67.6 Å². The molecule has 0 aliphatic carbocycles. The van der Waals surface area contributed by atoms with Crippen molar-refractivity contribution >= 4 is 11.8 Å². The molecule has 1 N–H and O–H groups in total. The normalized spacial score (nSPS) is 12.5. The van der Waals surface area contributed by atoms with Crippen molar-refractivity contribution in [2.45, 2.75) is 37.1 Å². The molecule has 0 spiro atoms. The predicted molar refractivity (Wildman–Crippen MR) is 86.5 cm³/mol. The summed E-state index contributed by atoms with van der Waals surface area (Å²) >= 11 is 1.51. The maximum atomic E-state index is 13.0. The van der Waals surface area contributed by atoms with Gasteiger partial charge in [0.05, 0.1) is 17.1 Å². The fourth-order valence-electron chi connectivity index (χ4n) is 2.11. The first-order valence-corrected chi connectivity index (χ1v) is 8.33. The summed E-state index contributed by atoms with van der Waals surface area (Å²) in [5.74, 6) is 1.08. The van der Waals surface area contributed by atoms with Gasteiger partial charge in [0, 0.05) is 6.42 Å². The molecule has 1 aromatic carbocycles. The minimum Gasteiger partial charge on any atom is -0.338 e. The minimum atomic E-state index is -0.254. The van der Waals surface area contributed by atoms with Crippen LogP contribution in [0.25, 0.3) is 11.3 Å². The summed E-state index contributed by atoms with van der Waals surface area (Å²) in [5, 5.41) is 4.72. The summed E-state index contributed by atoms with van der Waals surface area (Å²) in [7, 11) is 0. The van der Waals surface area contributed by atoms with Crippen LogP contribution in [0.1, 0.15) is 37.2 Å². The number of H-pyrrole nitrogens is 1. The maximum absolute atomic E-state index is 13.0. The number of hydrogen-bond acceptors (Lipinski definition) is 5. The number of rotatable bonds is 6. The lowest BCUT2D eigenvalue weighted by Crippen LogP contribution is -1.91. The Balaban J connectivity index is 1.69. The summed E-state index contributed by atoms with van der Waals surface area (Å²) in [4.78, 5) is 12.0. The van der Waals surface area contributed by atoms with Crippen molar-refractivity contribution in [3.63, 3.8) is 0 Å². The van der Waals surface area contributed by atoms with Crippen molar-refractivity contribution in [2.24, 2.45) is 0 Å². The standard InChI is InChI=1S/C16H17FN4OS/c1-3-4-14-20-15(22-21-14)10(2)23-16-18-9-13(19-16)11-5-7-12(17)8-6-11/h5-10H,3-4H2,1-2H3,(H,18,19). The van der Waals surface area contributed by atoms with Crippen molar-refractivity contribution in [3.8, 4) is 11.3 Å². The van der Waals surface area contributed by atoms with Crippen molar-refractivity contribution in [3.05, 3.63) is 48.0 Å². The number of hydrogen-bond donors (Lipinski definition) is 1. The third-order valence-electron chi connectivity index (χ3n) is 3.30. The van der Waals surface area contributed by atoms with Crippen LogP contribution >= 0.6 is 11.8 Å². The minimum absolute atomic E-state index is 0.000300. The highest BCUT2D eigenvalue weighted by Gasteiger charge is 2.17. The van der Waals surface area contributed by atoms with Crippen LogP contribution < -0.4 is 0 Å². The molecule has 0 saturated carbocycles. The molecule has 0 radical (unpaired) electrons. The zero-order chi connectivity index (χ0) is 16.2. The third kappa shape index (κ3) is 3.79. The van der Waals surface area contributed by atoms with Crippen molar-refractivity contribution in [1.29, 1.82) is 0 Å². The quantitative estimate of drug-likeness (QED) is 0.677. The molecule has 2 aromatic heterocycles. The number of thioether (sulfide) groups is 1. The Hall–Kier alpha value is -2.15. The molecule has 3 aromatic rings. The monoisotopic (exact) mass is 332 g/mol. The Morgan fingerprint density at radius 2 is 2.09 bits per heavy atom. The SMILES string of the molecule is CCCc1noc(C(C)Sc2ncc(-c3ccc(F)cc3)[nH]2)n1. The first-order valence-electron chi connectivity index (χ1n) is 7.45. The highest BCUT2D eigenvalue weighted by atomic mass is 32.2. The zero-order valence-corrected chi connectivity index (χ0v) is 13.7. The fraction of sp³-hybridized carbons (Fsp3) is 0.312. The molecule has 7 heteroatoms. The molecule has 120 valence electrons. The van der Waals surface area contributed by atoms with Gasteiger partial charge in [0.15, 0.2) is 11.0 Å². The van der Waals surface area contributed by atoms with Crippen LogP contribution in [0.4, 0.5) is 4.39 Å². The van der Waals surface area contributed by atoms with E-state index in [0.29, 0.717) is 5.89 Å². The second-order valence-electron chi connectivity index (χ2n) is 5.17.